The molecule has 0 aliphatic heterocycles. The number of nitrogens with one attached hydrogen (secondary N) is 1. The lowest BCUT2D eigenvalue weighted by Crippen LogP contribution is -2.12. The van der Waals surface area contributed by atoms with Gasteiger partial charge in [-0.1, -0.05) is 6.92 Å². The van der Waals surface area contributed by atoms with Crippen LogP contribution in [0.25, 0.3) is 0 Å². The van der Waals surface area contributed by atoms with Crippen LogP contribution in [-0.2, 0) is 17.9 Å². The molecule has 0 amide bonds. The maximum Gasteiger partial charge on any atom is 0.342 e. The molecule has 0 aliphatic rings. The van der Waals surface area contributed by atoms with Crippen LogP contribution in [0.1, 0.15) is 36.5 Å². The van der Waals surface area contributed by atoms with Crippen molar-refractivity contribution in [2.75, 3.05) is 11.9 Å². The third-order valence-electron chi connectivity index (χ3n) is 3.83. The Balaban J connectivity index is 1.68. The normalized spacial score (nSPS) is 10.5. The third-order valence-corrected chi connectivity index (χ3v) is 3.83. The van der Waals surface area contributed by atoms with E-state index in [0.29, 0.717) is 30.4 Å². The third kappa shape index (κ3) is 4.81. The summed E-state index contributed by atoms with van der Waals surface area (Å²) in [6.07, 6.45) is 2.49. The number of pyridine rings is 1. The maximum absolute atomic E-state index is 12.6. The molecule has 0 unspecified atom stereocenters. The zero-order valence-electron chi connectivity index (χ0n) is 15.8. The predicted molar refractivity (Wildman–Crippen MR) is 102 cm³/mol. The first-order valence-electron chi connectivity index (χ1n) is 9.08. The summed E-state index contributed by atoms with van der Waals surface area (Å²) in [5.74, 6) is 1.18. The van der Waals surface area contributed by atoms with E-state index in [0.717, 1.165) is 17.9 Å². The first kappa shape index (κ1) is 19.3. The van der Waals surface area contributed by atoms with Crippen molar-refractivity contribution in [3.63, 3.8) is 0 Å². The van der Waals surface area contributed by atoms with Crippen molar-refractivity contribution in [1.82, 2.24) is 25.2 Å². The molecule has 2 aromatic heterocycles. The van der Waals surface area contributed by atoms with Gasteiger partial charge in [0.1, 0.15) is 17.1 Å². The summed E-state index contributed by atoms with van der Waals surface area (Å²) in [4.78, 5) is 16.8. The van der Waals surface area contributed by atoms with Crippen molar-refractivity contribution in [2.24, 2.45) is 0 Å². The zero-order valence-corrected chi connectivity index (χ0v) is 15.8. The maximum atomic E-state index is 12.6. The number of esters is 1. The summed E-state index contributed by atoms with van der Waals surface area (Å²) in [6, 6.07) is 10.7. The molecule has 3 rings (SSSR count). The van der Waals surface area contributed by atoms with E-state index >= 15 is 0 Å². The minimum atomic E-state index is -0.507. The number of hydrogen-bond donors (Lipinski definition) is 1. The molecule has 0 bridgehead atoms. The van der Waals surface area contributed by atoms with Crippen molar-refractivity contribution < 1.29 is 14.3 Å². The van der Waals surface area contributed by atoms with E-state index in [9.17, 15) is 4.79 Å². The average Bonchev–Trinajstić information content (AvgIpc) is 3.16. The van der Waals surface area contributed by atoms with Crippen LogP contribution in [0.4, 0.5) is 11.5 Å². The minimum absolute atomic E-state index is 0.0107. The second-order valence-electron chi connectivity index (χ2n) is 5.88. The molecule has 2 heterocycles. The highest BCUT2D eigenvalue weighted by molar-refractivity contribution is 5.95. The lowest BCUT2D eigenvalue weighted by atomic mass is 10.2. The summed E-state index contributed by atoms with van der Waals surface area (Å²) >= 11 is 0. The highest BCUT2D eigenvalue weighted by Crippen LogP contribution is 2.22. The Hall–Kier alpha value is -3.49. The Morgan fingerprint density at radius 3 is 2.75 bits per heavy atom. The number of rotatable bonds is 9. The molecule has 3 aromatic rings. The van der Waals surface area contributed by atoms with Crippen LogP contribution in [-0.4, -0.2) is 37.8 Å². The number of aryl methyl sites for hydroxylation is 1. The van der Waals surface area contributed by atoms with Crippen molar-refractivity contribution in [3.8, 4) is 5.75 Å². The minimum Gasteiger partial charge on any atom is -0.494 e. The molecule has 1 aromatic carbocycles. The van der Waals surface area contributed by atoms with Crippen molar-refractivity contribution in [2.45, 2.75) is 33.4 Å². The van der Waals surface area contributed by atoms with Gasteiger partial charge in [-0.05, 0) is 60.2 Å². The number of nitrogens with zero attached hydrogens (tertiary/aromatic N) is 5. The summed E-state index contributed by atoms with van der Waals surface area (Å²) < 4.78 is 12.4. The van der Waals surface area contributed by atoms with E-state index in [-0.39, 0.29) is 6.61 Å². The average molecular weight is 382 g/mol. The van der Waals surface area contributed by atoms with Gasteiger partial charge in [0.05, 0.1) is 6.61 Å². The van der Waals surface area contributed by atoms with E-state index in [1.165, 1.54) is 0 Å². The number of hydrogen-bond acceptors (Lipinski definition) is 8. The molecule has 146 valence electrons. The van der Waals surface area contributed by atoms with Crippen LogP contribution in [0.2, 0.25) is 0 Å². The second kappa shape index (κ2) is 9.45. The molecule has 0 atom stereocenters. The quantitative estimate of drug-likeness (QED) is 0.563. The monoisotopic (exact) mass is 382 g/mol. The van der Waals surface area contributed by atoms with Gasteiger partial charge in [-0.2, -0.15) is 0 Å². The molecule has 0 saturated carbocycles. The number of ether oxygens (including phenoxy) is 2. The van der Waals surface area contributed by atoms with Gasteiger partial charge in [-0.3, -0.25) is 0 Å². The number of carbonyl (C=O) groups excluding carboxylic acids is 1. The summed E-state index contributed by atoms with van der Waals surface area (Å²) in [5.41, 5.74) is 1.11. The standard InChI is InChI=1S/C19H22N6O3/c1-3-12-25-17(22-23-24-25)13-28-19(26)16-6-5-11-20-18(16)21-14-7-9-15(10-8-14)27-4-2/h5-11H,3-4,12-13H2,1-2H3,(H,20,21). The number of anilines is 2. The van der Waals surface area contributed by atoms with E-state index in [1.54, 1.807) is 23.0 Å². The molecule has 0 fully saturated rings. The topological polar surface area (TPSA) is 104 Å². The van der Waals surface area contributed by atoms with Gasteiger partial charge in [-0.15, -0.1) is 5.10 Å². The number of benzene rings is 1. The van der Waals surface area contributed by atoms with Gasteiger partial charge in [0.25, 0.3) is 0 Å². The Bertz CT molecular complexity index is 910. The summed E-state index contributed by atoms with van der Waals surface area (Å²) in [7, 11) is 0. The summed E-state index contributed by atoms with van der Waals surface area (Å²) in [5, 5.41) is 14.5. The van der Waals surface area contributed by atoms with Crippen LogP contribution < -0.4 is 10.1 Å². The van der Waals surface area contributed by atoms with Gasteiger partial charge in [-0.25, -0.2) is 14.5 Å². The molecule has 28 heavy (non-hydrogen) atoms. The van der Waals surface area contributed by atoms with Crippen molar-refractivity contribution >= 4 is 17.5 Å². The molecule has 1 N–H and O–H groups in total. The largest absolute Gasteiger partial charge is 0.494 e. The van der Waals surface area contributed by atoms with Crippen LogP contribution in [0.15, 0.2) is 42.6 Å². The van der Waals surface area contributed by atoms with Crippen LogP contribution in [0.3, 0.4) is 0 Å². The Labute approximate surface area is 162 Å². The lowest BCUT2D eigenvalue weighted by Gasteiger charge is -2.11. The summed E-state index contributed by atoms with van der Waals surface area (Å²) in [6.45, 7) is 5.20. The first-order valence-corrected chi connectivity index (χ1v) is 9.08. The Morgan fingerprint density at radius 1 is 1.18 bits per heavy atom. The van der Waals surface area contributed by atoms with E-state index in [4.69, 9.17) is 9.47 Å². The number of aromatic nitrogens is 5. The fraction of sp³-hybridized carbons (Fsp3) is 0.316. The molecule has 0 aliphatic carbocycles. The molecular formula is C19H22N6O3. The van der Waals surface area contributed by atoms with Gasteiger partial charge < -0.3 is 14.8 Å². The number of tetrazole rings is 1. The van der Waals surface area contributed by atoms with Gasteiger partial charge in [0.15, 0.2) is 12.4 Å². The van der Waals surface area contributed by atoms with E-state index in [1.807, 2.05) is 38.1 Å². The Kier molecular flexibility index (Phi) is 6.50. The highest BCUT2D eigenvalue weighted by atomic mass is 16.5. The van der Waals surface area contributed by atoms with Crippen LogP contribution in [0, 0.1) is 0 Å². The van der Waals surface area contributed by atoms with Crippen molar-refractivity contribution in [1.29, 1.82) is 0 Å². The second-order valence-corrected chi connectivity index (χ2v) is 5.88. The molecule has 0 saturated heterocycles. The molecule has 0 spiro atoms. The van der Waals surface area contributed by atoms with E-state index < -0.39 is 5.97 Å². The smallest absolute Gasteiger partial charge is 0.342 e. The zero-order chi connectivity index (χ0) is 19.8. The lowest BCUT2D eigenvalue weighted by molar-refractivity contribution is 0.0457. The van der Waals surface area contributed by atoms with Crippen LogP contribution in [0.5, 0.6) is 5.75 Å². The molecule has 0 radical (unpaired) electrons. The van der Waals surface area contributed by atoms with Gasteiger partial charge >= 0.3 is 5.97 Å². The van der Waals surface area contributed by atoms with Gasteiger partial charge in [0, 0.05) is 18.4 Å². The van der Waals surface area contributed by atoms with Crippen LogP contribution >= 0.6 is 0 Å². The van der Waals surface area contributed by atoms with Crippen molar-refractivity contribution in [3.05, 3.63) is 54.0 Å². The Morgan fingerprint density at radius 2 is 2.00 bits per heavy atom. The predicted octanol–water partition coefficient (Wildman–Crippen LogP) is 2.98. The highest BCUT2D eigenvalue weighted by Gasteiger charge is 2.16. The number of carbonyl (C=O) groups is 1. The molecule has 9 heteroatoms. The van der Waals surface area contributed by atoms with Gasteiger partial charge in [0.2, 0.25) is 0 Å². The first-order chi connectivity index (χ1) is 13.7. The molecule has 9 nitrogen and oxygen atoms in total. The fourth-order valence-electron chi connectivity index (χ4n) is 2.53. The molecular weight excluding hydrogens is 360 g/mol. The fourth-order valence-corrected chi connectivity index (χ4v) is 2.53. The van der Waals surface area contributed by atoms with E-state index in [2.05, 4.69) is 25.8 Å². The SMILES string of the molecule is CCCn1nnnc1COC(=O)c1cccnc1Nc1ccc(OCC)cc1.